The van der Waals surface area contributed by atoms with Gasteiger partial charge in [0.15, 0.2) is 0 Å². The number of benzene rings is 1. The van der Waals surface area contributed by atoms with Crippen LogP contribution >= 0.6 is 15.9 Å². The second-order valence-electron chi connectivity index (χ2n) is 3.01. The average Bonchev–Trinajstić information content (AvgIpc) is 2.46. The Balaban J connectivity index is 2.46. The number of primary amides is 1. The van der Waals surface area contributed by atoms with Crippen molar-refractivity contribution in [1.82, 2.24) is 0 Å². The van der Waals surface area contributed by atoms with Gasteiger partial charge in [-0.2, -0.15) is 0 Å². The van der Waals surface area contributed by atoms with Gasteiger partial charge in [0.2, 0.25) is 0 Å². The summed E-state index contributed by atoms with van der Waals surface area (Å²) < 4.78 is 0.972. The van der Waals surface area contributed by atoms with Crippen molar-refractivity contribution in [2.75, 3.05) is 11.4 Å². The van der Waals surface area contributed by atoms with Crippen LogP contribution < -0.4 is 10.6 Å². The first kappa shape index (κ1) is 8.56. The van der Waals surface area contributed by atoms with Crippen LogP contribution in [0.4, 0.5) is 10.5 Å². The van der Waals surface area contributed by atoms with Gasteiger partial charge in [0.1, 0.15) is 0 Å². The minimum Gasteiger partial charge on any atom is -0.351 e. The Morgan fingerprint density at radius 3 is 3.00 bits per heavy atom. The van der Waals surface area contributed by atoms with E-state index in [1.54, 1.807) is 4.90 Å². The molecule has 1 aliphatic heterocycles. The number of rotatable bonds is 0. The lowest BCUT2D eigenvalue weighted by Crippen LogP contribution is -2.33. The second-order valence-corrected chi connectivity index (χ2v) is 3.93. The number of nitrogens with two attached hydrogens (primary N) is 1. The number of hydrogen-bond donors (Lipinski definition) is 1. The number of amides is 2. The minimum atomic E-state index is -0.378. The first-order valence-electron chi connectivity index (χ1n) is 4.04. The predicted molar refractivity (Wildman–Crippen MR) is 54.8 cm³/mol. The average molecular weight is 241 g/mol. The number of carbonyl (C=O) groups excluding carboxylic acids is 1. The summed E-state index contributed by atoms with van der Waals surface area (Å²) in [4.78, 5) is 12.6. The Morgan fingerprint density at radius 2 is 2.31 bits per heavy atom. The highest BCUT2D eigenvalue weighted by Crippen LogP contribution is 2.30. The van der Waals surface area contributed by atoms with Crippen LogP contribution in [0, 0.1) is 0 Å². The van der Waals surface area contributed by atoms with Gasteiger partial charge in [0.25, 0.3) is 0 Å². The molecule has 2 N–H and O–H groups in total. The summed E-state index contributed by atoms with van der Waals surface area (Å²) in [5.74, 6) is 0. The largest absolute Gasteiger partial charge is 0.351 e. The summed E-state index contributed by atoms with van der Waals surface area (Å²) in [6.07, 6.45) is 0.894. The summed E-state index contributed by atoms with van der Waals surface area (Å²) in [5, 5.41) is 0. The van der Waals surface area contributed by atoms with Gasteiger partial charge in [0, 0.05) is 16.7 Å². The van der Waals surface area contributed by atoms with Gasteiger partial charge in [0.05, 0.1) is 0 Å². The molecule has 0 unspecified atom stereocenters. The molecule has 1 aromatic rings. The van der Waals surface area contributed by atoms with Crippen LogP contribution in [0.3, 0.4) is 0 Å². The Labute approximate surface area is 84.6 Å². The number of nitrogens with zero attached hydrogens (tertiary/aromatic N) is 1. The Hall–Kier alpha value is -1.03. The van der Waals surface area contributed by atoms with E-state index < -0.39 is 0 Å². The van der Waals surface area contributed by atoms with E-state index in [9.17, 15) is 4.79 Å². The van der Waals surface area contributed by atoms with E-state index in [-0.39, 0.29) is 6.03 Å². The maximum Gasteiger partial charge on any atom is 0.319 e. The maximum absolute atomic E-state index is 11.0. The highest BCUT2D eigenvalue weighted by molar-refractivity contribution is 9.10. The van der Waals surface area contributed by atoms with Crippen molar-refractivity contribution in [3.05, 3.63) is 28.2 Å². The van der Waals surface area contributed by atoms with Crippen LogP contribution in [0.15, 0.2) is 22.7 Å². The molecule has 0 spiro atoms. The summed E-state index contributed by atoms with van der Waals surface area (Å²) in [7, 11) is 0. The first-order valence-corrected chi connectivity index (χ1v) is 4.83. The molecule has 0 saturated carbocycles. The van der Waals surface area contributed by atoms with Crippen molar-refractivity contribution in [3.63, 3.8) is 0 Å². The summed E-state index contributed by atoms with van der Waals surface area (Å²) in [6.45, 7) is 0.696. The predicted octanol–water partition coefficient (Wildman–Crippen LogP) is 1.89. The van der Waals surface area contributed by atoms with Gasteiger partial charge in [-0.1, -0.05) is 22.0 Å². The molecule has 0 aromatic heterocycles. The number of urea groups is 1. The summed E-state index contributed by atoms with van der Waals surface area (Å²) in [6, 6.07) is 5.54. The lowest BCUT2D eigenvalue weighted by molar-refractivity contribution is 0.254. The zero-order chi connectivity index (χ0) is 9.42. The summed E-state index contributed by atoms with van der Waals surface area (Å²) in [5.41, 5.74) is 7.35. The number of fused-ring (bicyclic) bond motifs is 1. The van der Waals surface area contributed by atoms with Gasteiger partial charge >= 0.3 is 6.03 Å². The standard InChI is InChI=1S/C9H9BrN2O/c10-7-2-1-6-3-4-12(9(11)13)8(6)5-7/h1-2,5H,3-4H2,(H2,11,13). The summed E-state index contributed by atoms with van der Waals surface area (Å²) >= 11 is 3.36. The second kappa shape index (κ2) is 3.03. The molecule has 1 heterocycles. The Morgan fingerprint density at radius 1 is 1.54 bits per heavy atom. The van der Waals surface area contributed by atoms with Crippen LogP contribution in [-0.2, 0) is 6.42 Å². The first-order chi connectivity index (χ1) is 6.18. The molecule has 2 rings (SSSR count). The third-order valence-electron chi connectivity index (χ3n) is 2.21. The van der Waals surface area contributed by atoms with E-state index >= 15 is 0 Å². The quantitative estimate of drug-likeness (QED) is 0.740. The lowest BCUT2D eigenvalue weighted by atomic mass is 10.2. The van der Waals surface area contributed by atoms with Gasteiger partial charge < -0.3 is 5.73 Å². The molecule has 0 bridgehead atoms. The van der Waals surface area contributed by atoms with Crippen molar-refractivity contribution in [3.8, 4) is 0 Å². The van der Waals surface area contributed by atoms with E-state index in [1.807, 2.05) is 18.2 Å². The minimum absolute atomic E-state index is 0.378. The number of anilines is 1. The smallest absolute Gasteiger partial charge is 0.319 e. The van der Waals surface area contributed by atoms with Crippen molar-refractivity contribution >= 4 is 27.6 Å². The fraction of sp³-hybridized carbons (Fsp3) is 0.222. The zero-order valence-electron chi connectivity index (χ0n) is 6.96. The molecule has 0 radical (unpaired) electrons. The van der Waals surface area contributed by atoms with E-state index in [4.69, 9.17) is 5.73 Å². The van der Waals surface area contributed by atoms with Gasteiger partial charge in [-0.25, -0.2) is 4.79 Å². The van der Waals surface area contributed by atoms with Crippen LogP contribution in [0.2, 0.25) is 0 Å². The zero-order valence-corrected chi connectivity index (χ0v) is 8.54. The van der Waals surface area contributed by atoms with Crippen LogP contribution in [0.5, 0.6) is 0 Å². The maximum atomic E-state index is 11.0. The van der Waals surface area contributed by atoms with E-state index in [0.29, 0.717) is 6.54 Å². The van der Waals surface area contributed by atoms with E-state index in [0.717, 1.165) is 16.6 Å². The number of carbonyl (C=O) groups is 1. The molecule has 0 fully saturated rings. The molecule has 1 aliphatic rings. The molecule has 0 atom stereocenters. The molecule has 3 nitrogen and oxygen atoms in total. The molecule has 4 heteroatoms. The van der Waals surface area contributed by atoms with Crippen molar-refractivity contribution in [2.24, 2.45) is 5.73 Å². The van der Waals surface area contributed by atoms with Gasteiger partial charge in [-0.3, -0.25) is 4.90 Å². The topological polar surface area (TPSA) is 46.3 Å². The highest BCUT2D eigenvalue weighted by Gasteiger charge is 2.22. The molecule has 13 heavy (non-hydrogen) atoms. The monoisotopic (exact) mass is 240 g/mol. The van der Waals surface area contributed by atoms with E-state index in [1.165, 1.54) is 5.56 Å². The van der Waals surface area contributed by atoms with E-state index in [2.05, 4.69) is 15.9 Å². The number of hydrogen-bond acceptors (Lipinski definition) is 1. The number of halogens is 1. The Bertz CT molecular complexity index is 365. The van der Waals surface area contributed by atoms with Crippen LogP contribution in [0.25, 0.3) is 0 Å². The van der Waals surface area contributed by atoms with Gasteiger partial charge in [-0.05, 0) is 24.1 Å². The van der Waals surface area contributed by atoms with Crippen LogP contribution in [-0.4, -0.2) is 12.6 Å². The third kappa shape index (κ3) is 1.42. The van der Waals surface area contributed by atoms with Crippen LogP contribution in [0.1, 0.15) is 5.56 Å². The molecule has 1 aromatic carbocycles. The third-order valence-corrected chi connectivity index (χ3v) is 2.70. The lowest BCUT2D eigenvalue weighted by Gasteiger charge is -2.13. The molecule has 2 amide bonds. The molecule has 68 valence electrons. The normalized spacial score (nSPS) is 14.4. The van der Waals surface area contributed by atoms with Crippen molar-refractivity contribution < 1.29 is 4.79 Å². The van der Waals surface area contributed by atoms with Gasteiger partial charge in [-0.15, -0.1) is 0 Å². The highest BCUT2D eigenvalue weighted by atomic mass is 79.9. The SMILES string of the molecule is NC(=O)N1CCc2ccc(Br)cc21. The Kier molecular flexibility index (Phi) is 2.00. The fourth-order valence-electron chi connectivity index (χ4n) is 1.58. The molecule has 0 saturated heterocycles. The van der Waals surface area contributed by atoms with Crippen molar-refractivity contribution in [1.29, 1.82) is 0 Å². The molecular weight excluding hydrogens is 232 g/mol. The molecule has 0 aliphatic carbocycles. The molecular formula is C9H9BrN2O. The van der Waals surface area contributed by atoms with Crippen molar-refractivity contribution in [2.45, 2.75) is 6.42 Å². The fourth-order valence-corrected chi connectivity index (χ4v) is 1.93.